The van der Waals surface area contributed by atoms with E-state index in [0.29, 0.717) is 13.1 Å². The first-order valence-corrected chi connectivity index (χ1v) is 16.2. The zero-order chi connectivity index (χ0) is 29.2. The minimum atomic E-state index is -3.74. The van der Waals surface area contributed by atoms with Crippen LogP contribution in [0.15, 0.2) is 29.2 Å². The Bertz CT molecular complexity index is 1170. The molecule has 2 N–H and O–H groups in total. The van der Waals surface area contributed by atoms with Crippen LogP contribution in [0.3, 0.4) is 0 Å². The number of ether oxygens (including phenoxy) is 1. The van der Waals surface area contributed by atoms with E-state index in [-0.39, 0.29) is 33.7 Å². The molecule has 0 saturated heterocycles. The molecule has 5 rings (SSSR count). The Kier molecular flexibility index (Phi) is 9.29. The Labute approximate surface area is 238 Å². The van der Waals surface area contributed by atoms with Gasteiger partial charge in [-0.15, -0.1) is 0 Å². The zero-order valence-electron chi connectivity index (χ0n) is 24.4. The Morgan fingerprint density at radius 3 is 2.08 bits per heavy atom. The third-order valence-electron chi connectivity index (χ3n) is 9.37. The number of benzene rings is 1. The number of hydrogen-bond donors (Lipinski definition) is 2. The minimum absolute atomic E-state index is 0.0114. The van der Waals surface area contributed by atoms with Crippen molar-refractivity contribution in [1.29, 1.82) is 0 Å². The van der Waals surface area contributed by atoms with Gasteiger partial charge < -0.3 is 15.4 Å². The highest BCUT2D eigenvalue weighted by molar-refractivity contribution is 7.89. The van der Waals surface area contributed by atoms with Crippen molar-refractivity contribution in [2.75, 3.05) is 19.7 Å². The largest absolute Gasteiger partial charge is 0.454 e. The summed E-state index contributed by atoms with van der Waals surface area (Å²) in [4.78, 5) is 38.8. The van der Waals surface area contributed by atoms with Gasteiger partial charge in [0.1, 0.15) is 6.04 Å². The summed E-state index contributed by atoms with van der Waals surface area (Å²) in [6, 6.07) is 4.78. The predicted molar refractivity (Wildman–Crippen MR) is 152 cm³/mol. The summed E-state index contributed by atoms with van der Waals surface area (Å²) >= 11 is 0. The van der Waals surface area contributed by atoms with Crippen LogP contribution >= 0.6 is 0 Å². The van der Waals surface area contributed by atoms with Crippen LogP contribution in [-0.4, -0.2) is 62.3 Å². The van der Waals surface area contributed by atoms with E-state index in [1.165, 1.54) is 67.1 Å². The first kappa shape index (κ1) is 30.5. The van der Waals surface area contributed by atoms with Gasteiger partial charge in [-0.05, 0) is 92.7 Å². The summed E-state index contributed by atoms with van der Waals surface area (Å²) in [5, 5.41) is 5.77. The molecule has 2 amide bonds. The summed E-state index contributed by atoms with van der Waals surface area (Å²) in [6.07, 6.45) is 7.49. The molecule has 0 aliphatic heterocycles. The molecule has 4 bridgehead atoms. The van der Waals surface area contributed by atoms with Crippen LogP contribution in [0.25, 0.3) is 0 Å². The maximum absolute atomic E-state index is 13.0. The Hall–Kier alpha value is -2.46. The van der Waals surface area contributed by atoms with E-state index in [1.54, 1.807) is 27.7 Å². The summed E-state index contributed by atoms with van der Waals surface area (Å²) < 4.78 is 32.5. The van der Waals surface area contributed by atoms with Crippen molar-refractivity contribution in [3.8, 4) is 0 Å². The Balaban J connectivity index is 1.34. The molecule has 0 heterocycles. The fraction of sp³-hybridized carbons (Fsp3) is 0.700. The maximum Gasteiger partial charge on any atom is 0.329 e. The molecule has 40 heavy (non-hydrogen) atoms. The van der Waals surface area contributed by atoms with Crippen LogP contribution in [0.5, 0.6) is 0 Å². The lowest BCUT2D eigenvalue weighted by atomic mass is 9.48. The molecule has 222 valence electrons. The predicted octanol–water partition coefficient (Wildman–Crippen LogP) is 3.74. The summed E-state index contributed by atoms with van der Waals surface area (Å²) in [5.41, 5.74) is 0.268. The second-order valence-electron chi connectivity index (χ2n) is 12.5. The van der Waals surface area contributed by atoms with Gasteiger partial charge in [-0.3, -0.25) is 9.59 Å². The number of rotatable bonds is 12. The van der Waals surface area contributed by atoms with Crippen LogP contribution in [0.2, 0.25) is 0 Å². The van der Waals surface area contributed by atoms with Gasteiger partial charge in [0, 0.05) is 24.7 Å². The van der Waals surface area contributed by atoms with Crippen molar-refractivity contribution in [1.82, 2.24) is 14.9 Å². The van der Waals surface area contributed by atoms with Crippen molar-refractivity contribution < 1.29 is 27.5 Å². The topological polar surface area (TPSA) is 122 Å². The molecule has 2 atom stereocenters. The first-order chi connectivity index (χ1) is 18.9. The SMILES string of the molecule is CCN(CC)S(=O)(=O)c1cccc(C(=O)N[C@H](C(=O)OCC(=O)NC(C)C23CC4CC(CC(C4)C2)C3)C(C)C)c1. The van der Waals surface area contributed by atoms with Crippen LogP contribution in [0.1, 0.15) is 83.5 Å². The number of carbonyl (C=O) groups is 3. The summed E-state index contributed by atoms with van der Waals surface area (Å²) in [6.45, 7) is 9.33. The molecule has 9 nitrogen and oxygen atoms in total. The molecular weight excluding hydrogens is 530 g/mol. The second kappa shape index (κ2) is 12.2. The smallest absolute Gasteiger partial charge is 0.329 e. The standard InChI is InChI=1S/C30H45N3O6S/c1-6-33(7-2)40(37,38)25-10-8-9-24(14-25)28(35)32-27(19(3)4)29(36)39-18-26(34)31-20(5)30-15-21-11-22(16-30)13-23(12-21)17-30/h8-10,14,19-23,27H,6-7,11-13,15-18H2,1-5H3,(H,31,34)(H,32,35)/t20?,21?,22?,23?,27-,30?/m0/s1. The van der Waals surface area contributed by atoms with E-state index in [2.05, 4.69) is 17.6 Å². The van der Waals surface area contributed by atoms with Crippen molar-refractivity contribution in [3.63, 3.8) is 0 Å². The fourth-order valence-corrected chi connectivity index (χ4v) is 9.11. The summed E-state index contributed by atoms with van der Waals surface area (Å²) in [5.74, 6) is 0.387. The number of esters is 1. The highest BCUT2D eigenvalue weighted by Gasteiger charge is 2.53. The van der Waals surface area contributed by atoms with Crippen LogP contribution in [-0.2, 0) is 24.3 Å². The number of amides is 2. The zero-order valence-corrected chi connectivity index (χ0v) is 25.3. The molecule has 1 unspecified atom stereocenters. The van der Waals surface area contributed by atoms with Gasteiger partial charge in [-0.1, -0.05) is 33.8 Å². The van der Waals surface area contributed by atoms with Crippen molar-refractivity contribution in [2.24, 2.45) is 29.1 Å². The van der Waals surface area contributed by atoms with E-state index in [4.69, 9.17) is 4.74 Å². The van der Waals surface area contributed by atoms with E-state index in [0.717, 1.165) is 17.8 Å². The molecule has 4 fully saturated rings. The van der Waals surface area contributed by atoms with Gasteiger partial charge in [0.15, 0.2) is 6.61 Å². The van der Waals surface area contributed by atoms with Gasteiger partial charge in [0.2, 0.25) is 10.0 Å². The van der Waals surface area contributed by atoms with Crippen LogP contribution in [0.4, 0.5) is 0 Å². The molecule has 1 aromatic carbocycles. The average molecular weight is 576 g/mol. The van der Waals surface area contributed by atoms with Gasteiger partial charge >= 0.3 is 5.97 Å². The molecule has 4 aliphatic carbocycles. The Morgan fingerprint density at radius 1 is 0.975 bits per heavy atom. The highest BCUT2D eigenvalue weighted by atomic mass is 32.2. The molecular formula is C30H45N3O6S. The number of carbonyl (C=O) groups excluding carboxylic acids is 3. The number of sulfonamides is 1. The molecule has 0 aromatic heterocycles. The number of nitrogens with zero attached hydrogens (tertiary/aromatic N) is 1. The van der Waals surface area contributed by atoms with Crippen molar-refractivity contribution in [3.05, 3.63) is 29.8 Å². The highest BCUT2D eigenvalue weighted by Crippen LogP contribution is 2.61. The fourth-order valence-electron chi connectivity index (χ4n) is 7.60. The molecule has 1 aromatic rings. The third kappa shape index (κ3) is 6.38. The summed E-state index contributed by atoms with van der Waals surface area (Å²) in [7, 11) is -3.74. The second-order valence-corrected chi connectivity index (χ2v) is 14.4. The lowest BCUT2D eigenvalue weighted by molar-refractivity contribution is -0.152. The van der Waals surface area contributed by atoms with Crippen LogP contribution < -0.4 is 10.6 Å². The van der Waals surface area contributed by atoms with Crippen LogP contribution in [0, 0.1) is 29.1 Å². The van der Waals surface area contributed by atoms with E-state index < -0.39 is 34.5 Å². The van der Waals surface area contributed by atoms with E-state index in [9.17, 15) is 22.8 Å². The molecule has 4 aliphatic rings. The molecule has 0 radical (unpaired) electrons. The molecule has 0 spiro atoms. The maximum atomic E-state index is 13.0. The number of nitrogens with one attached hydrogen (secondary N) is 2. The lowest BCUT2D eigenvalue weighted by Crippen LogP contribution is -2.56. The van der Waals surface area contributed by atoms with Gasteiger partial charge in [-0.25, -0.2) is 13.2 Å². The van der Waals surface area contributed by atoms with Gasteiger partial charge in [0.25, 0.3) is 11.8 Å². The normalized spacial score (nSPS) is 26.9. The third-order valence-corrected chi connectivity index (χ3v) is 11.4. The molecule has 4 saturated carbocycles. The lowest BCUT2D eigenvalue weighted by Gasteiger charge is -2.59. The van der Waals surface area contributed by atoms with Gasteiger partial charge in [0.05, 0.1) is 4.90 Å². The minimum Gasteiger partial charge on any atom is -0.454 e. The van der Waals surface area contributed by atoms with Gasteiger partial charge in [-0.2, -0.15) is 4.31 Å². The van der Waals surface area contributed by atoms with Crippen molar-refractivity contribution >= 4 is 27.8 Å². The average Bonchev–Trinajstić information content (AvgIpc) is 2.90. The van der Waals surface area contributed by atoms with E-state index in [1.807, 2.05) is 0 Å². The quantitative estimate of drug-likeness (QED) is 0.366. The number of hydrogen-bond acceptors (Lipinski definition) is 6. The first-order valence-electron chi connectivity index (χ1n) is 14.8. The van der Waals surface area contributed by atoms with E-state index >= 15 is 0 Å². The Morgan fingerprint density at radius 2 is 1.55 bits per heavy atom. The molecule has 10 heteroatoms. The van der Waals surface area contributed by atoms with Crippen molar-refractivity contribution in [2.45, 2.75) is 90.1 Å². The monoisotopic (exact) mass is 575 g/mol.